The van der Waals surface area contributed by atoms with E-state index in [-0.39, 0.29) is 19.8 Å². The third kappa shape index (κ3) is 9.90. The topological polar surface area (TPSA) is 38.7 Å². The quantitative estimate of drug-likeness (QED) is 0.102. The number of rotatable bonds is 1. The molecule has 11 heteroatoms. The van der Waals surface area contributed by atoms with Gasteiger partial charge in [0, 0.05) is 54.7 Å². The minimum atomic E-state index is -10.7. The summed E-state index contributed by atoms with van der Waals surface area (Å²) >= 11 is 0. The van der Waals surface area contributed by atoms with E-state index in [2.05, 4.69) is 51.4 Å². The van der Waals surface area contributed by atoms with Crippen LogP contribution in [-0.2, 0) is 19.8 Å². The molecule has 5 rings (SSSR count). The van der Waals surface area contributed by atoms with Gasteiger partial charge in [-0.2, -0.15) is 0 Å². The van der Waals surface area contributed by atoms with Gasteiger partial charge in [0.05, 0.1) is 16.7 Å². The third-order valence-electron chi connectivity index (χ3n) is 4.08. The molecule has 0 amide bonds. The van der Waals surface area contributed by atoms with Crippen molar-refractivity contribution in [1.29, 1.82) is 0 Å². The van der Waals surface area contributed by atoms with Gasteiger partial charge >= 0.3 is 33.0 Å². The molecule has 0 fully saturated rings. The molecule has 34 heavy (non-hydrogen) atoms. The first-order valence-electron chi connectivity index (χ1n) is 9.48. The van der Waals surface area contributed by atoms with E-state index >= 15 is 0 Å². The van der Waals surface area contributed by atoms with Crippen LogP contribution in [0.5, 0.6) is 0 Å². The maximum atomic E-state index is 9.87. The van der Waals surface area contributed by atoms with Gasteiger partial charge in [0.15, 0.2) is 0 Å². The number of aromatic nitrogens is 3. The first-order valence-corrected chi connectivity index (χ1v) is 11.5. The van der Waals surface area contributed by atoms with Crippen LogP contribution in [0.3, 0.4) is 0 Å². The van der Waals surface area contributed by atoms with Crippen molar-refractivity contribution in [3.05, 3.63) is 104 Å². The third-order valence-corrected chi connectivity index (χ3v) is 4.08. The van der Waals surface area contributed by atoms with Crippen LogP contribution in [0.25, 0.3) is 33.1 Å². The van der Waals surface area contributed by atoms with Gasteiger partial charge < -0.3 is 0 Å². The normalized spacial score (nSPS) is 12.6. The molecular formula is C23H17F6N3OsP-. The molecule has 0 saturated heterocycles. The summed E-state index contributed by atoms with van der Waals surface area (Å²) < 4.78 is 59.2. The molecule has 0 spiro atoms. The van der Waals surface area contributed by atoms with E-state index in [1.54, 1.807) is 12.4 Å². The molecule has 3 heterocycles. The van der Waals surface area contributed by atoms with E-state index in [1.807, 2.05) is 54.7 Å². The minimum absolute atomic E-state index is 0. The largest absolute Gasteiger partial charge is 0.256 e. The summed E-state index contributed by atoms with van der Waals surface area (Å²) in [4.78, 5) is 12.9. The second kappa shape index (κ2) is 10.1. The Kier molecular flexibility index (Phi) is 8.13. The van der Waals surface area contributed by atoms with Crippen molar-refractivity contribution >= 4 is 29.6 Å². The van der Waals surface area contributed by atoms with E-state index in [4.69, 9.17) is 0 Å². The maximum Gasteiger partial charge on any atom is 0.0964 e. The molecule has 0 aliphatic rings. The summed E-state index contributed by atoms with van der Waals surface area (Å²) in [6.45, 7) is 0. The number of pyridine rings is 3. The number of nitrogens with zero attached hydrogens (tertiary/aromatic N) is 3. The van der Waals surface area contributed by atoms with Crippen molar-refractivity contribution in [3.8, 4) is 11.3 Å². The van der Waals surface area contributed by atoms with Crippen LogP contribution >= 0.6 is 7.81 Å². The Bertz CT molecular complexity index is 1250. The Labute approximate surface area is 204 Å². The summed E-state index contributed by atoms with van der Waals surface area (Å²) in [7, 11) is -10.7. The molecule has 2 aromatic carbocycles. The Morgan fingerprint density at radius 1 is 0.471 bits per heavy atom. The number of hydrogen-bond acceptors (Lipinski definition) is 3. The Hall–Kier alpha value is -2.94. The smallest absolute Gasteiger partial charge is 0.0964 e. The van der Waals surface area contributed by atoms with Crippen molar-refractivity contribution in [1.82, 2.24) is 15.0 Å². The van der Waals surface area contributed by atoms with Gasteiger partial charge in [0.25, 0.3) is 0 Å². The van der Waals surface area contributed by atoms with Crippen LogP contribution in [0.15, 0.2) is 104 Å². The van der Waals surface area contributed by atoms with E-state index in [0.717, 1.165) is 33.1 Å². The van der Waals surface area contributed by atoms with Crippen molar-refractivity contribution < 1.29 is 45.0 Å². The van der Waals surface area contributed by atoms with E-state index in [1.165, 1.54) is 0 Å². The first-order chi connectivity index (χ1) is 15.4. The summed E-state index contributed by atoms with van der Waals surface area (Å²) in [5, 5.41) is 2.28. The zero-order chi connectivity index (χ0) is 24.0. The summed E-state index contributed by atoms with van der Waals surface area (Å²) in [5.74, 6) is 0. The van der Waals surface area contributed by atoms with Crippen LogP contribution in [-0.4, -0.2) is 15.0 Å². The van der Waals surface area contributed by atoms with E-state index in [9.17, 15) is 25.2 Å². The molecule has 0 unspecified atom stereocenters. The molecule has 0 bridgehead atoms. The summed E-state index contributed by atoms with van der Waals surface area (Å²) in [6.07, 6.45) is 5.41. The fourth-order valence-corrected chi connectivity index (χ4v) is 2.82. The molecule has 0 aliphatic heterocycles. The second-order valence-corrected chi connectivity index (χ2v) is 8.67. The summed E-state index contributed by atoms with van der Waals surface area (Å²) in [5.41, 5.74) is 4.15. The SMILES string of the molecule is F[P-](F)(F)(F)(F)F.[Os].c1ccc(-c2ccccn2)cc1.c1cnc2c(c1)ccc1cccnc12. The van der Waals surface area contributed by atoms with Crippen molar-refractivity contribution in [2.75, 3.05) is 0 Å². The molecule has 3 aromatic heterocycles. The fraction of sp³-hybridized carbons (Fsp3) is 0. The van der Waals surface area contributed by atoms with E-state index < -0.39 is 7.81 Å². The van der Waals surface area contributed by atoms with Crippen LogP contribution in [0.1, 0.15) is 0 Å². The molecule has 3 nitrogen and oxygen atoms in total. The number of hydrogen-bond donors (Lipinski definition) is 0. The number of fused-ring (bicyclic) bond motifs is 3. The van der Waals surface area contributed by atoms with Gasteiger partial charge in [0.1, 0.15) is 0 Å². The van der Waals surface area contributed by atoms with Crippen molar-refractivity contribution in [2.45, 2.75) is 0 Å². The second-order valence-electron chi connectivity index (χ2n) is 6.76. The van der Waals surface area contributed by atoms with Gasteiger partial charge in [-0.3, -0.25) is 15.0 Å². The van der Waals surface area contributed by atoms with Gasteiger partial charge in [-0.1, -0.05) is 60.7 Å². The molecular weight excluding hydrogens is 653 g/mol. The van der Waals surface area contributed by atoms with Crippen LogP contribution in [0, 0.1) is 0 Å². The predicted octanol–water partition coefficient (Wildman–Crippen LogP) is 8.91. The molecule has 0 atom stereocenters. The van der Waals surface area contributed by atoms with Gasteiger partial charge in [-0.05, 0) is 24.3 Å². The Balaban J connectivity index is 0.000000188. The van der Waals surface area contributed by atoms with Gasteiger partial charge in [0.2, 0.25) is 0 Å². The maximum absolute atomic E-state index is 10.7. The average molecular weight is 671 g/mol. The molecule has 0 radical (unpaired) electrons. The summed E-state index contributed by atoms with van der Waals surface area (Å²) in [6, 6.07) is 28.2. The molecule has 5 aromatic rings. The van der Waals surface area contributed by atoms with Gasteiger partial charge in [-0.15, -0.1) is 0 Å². The number of halogens is 6. The Morgan fingerprint density at radius 2 is 0.912 bits per heavy atom. The molecule has 0 saturated carbocycles. The Morgan fingerprint density at radius 3 is 1.35 bits per heavy atom. The molecule has 0 aliphatic carbocycles. The van der Waals surface area contributed by atoms with Crippen molar-refractivity contribution in [2.24, 2.45) is 0 Å². The van der Waals surface area contributed by atoms with Crippen LogP contribution < -0.4 is 0 Å². The standard InChI is InChI=1S/C12H8N2.C11H9N.F6P.Os/c1-3-9-5-6-10-4-2-8-14-12(10)11(9)13-7-1;1-2-6-10(7-3-1)11-8-4-5-9-12-11;1-7(2,3,4,5)6;/h1-8H;1-9H;;/q;;-1;. The first kappa shape index (κ1) is 27.3. The van der Waals surface area contributed by atoms with Crippen LogP contribution in [0.4, 0.5) is 25.2 Å². The fourth-order valence-electron chi connectivity index (χ4n) is 2.82. The van der Waals surface area contributed by atoms with Crippen LogP contribution in [0.2, 0.25) is 0 Å². The molecule has 0 N–H and O–H groups in total. The predicted molar refractivity (Wildman–Crippen MR) is 120 cm³/mol. The average Bonchev–Trinajstić information content (AvgIpc) is 2.79. The monoisotopic (exact) mass is 672 g/mol. The zero-order valence-electron chi connectivity index (χ0n) is 17.2. The minimum Gasteiger partial charge on any atom is -0.256 e. The zero-order valence-corrected chi connectivity index (χ0v) is 20.7. The van der Waals surface area contributed by atoms with Crippen molar-refractivity contribution in [3.63, 3.8) is 0 Å². The van der Waals surface area contributed by atoms with Gasteiger partial charge in [-0.25, -0.2) is 0 Å². The van der Waals surface area contributed by atoms with E-state index in [0.29, 0.717) is 0 Å². The molecule has 180 valence electrons. The number of benzene rings is 2.